The van der Waals surface area contributed by atoms with Gasteiger partial charge in [-0.05, 0) is 0 Å². The second-order valence-corrected chi connectivity index (χ2v) is 3.00. The van der Waals surface area contributed by atoms with Crippen molar-refractivity contribution in [3.8, 4) is 0 Å². The first kappa shape index (κ1) is 8.47. The molecule has 2 nitrogen and oxygen atoms in total. The smallest absolute Gasteiger partial charge is 0.293 e. The lowest BCUT2D eigenvalue weighted by molar-refractivity contribution is 0.299. The highest BCUT2D eigenvalue weighted by Gasteiger charge is 2.16. The lowest BCUT2D eigenvalue weighted by atomic mass is 10.1. The first-order valence-electron chi connectivity index (χ1n) is 3.22. The van der Waals surface area contributed by atoms with Crippen LogP contribution >= 0.6 is 15.9 Å². The van der Waals surface area contributed by atoms with Gasteiger partial charge in [0, 0.05) is 15.9 Å². The first-order valence-corrected chi connectivity index (χ1v) is 4.01. The van der Waals surface area contributed by atoms with Crippen molar-refractivity contribution in [2.75, 3.05) is 13.7 Å². The molecular formula is C8H9BrNO+. The van der Waals surface area contributed by atoms with Gasteiger partial charge in [-0.1, -0.05) is 0 Å². The molecule has 0 fully saturated rings. The zero-order chi connectivity index (χ0) is 8.27. The quantitative estimate of drug-likeness (QED) is 0.708. The third-order valence-corrected chi connectivity index (χ3v) is 1.83. The first-order chi connectivity index (χ1) is 5.27. The van der Waals surface area contributed by atoms with Crippen molar-refractivity contribution in [2.45, 2.75) is 0 Å². The number of hydrogen-bond acceptors (Lipinski definition) is 2. The van der Waals surface area contributed by atoms with E-state index in [1.54, 1.807) is 13.2 Å². The minimum absolute atomic E-state index is 0.471. The van der Waals surface area contributed by atoms with Crippen LogP contribution in [0.2, 0.25) is 0 Å². The number of methoxy groups -OCH3 is 1. The van der Waals surface area contributed by atoms with Crippen LogP contribution in [0.15, 0.2) is 28.0 Å². The predicted molar refractivity (Wildman–Crippen MR) is 47.9 cm³/mol. The topological polar surface area (TPSA) is 35.2 Å². The standard InChI is InChI=1S/C8H9BrNO/c1-11-8-3-2-7(9)4-6(8)5-10/h2,4H,5,10H2,1H3/q+1. The van der Waals surface area contributed by atoms with Crippen molar-refractivity contribution in [1.29, 1.82) is 0 Å². The van der Waals surface area contributed by atoms with Crippen LogP contribution < -0.4 is 5.73 Å². The average molecular weight is 215 g/mol. The molecule has 0 aromatic heterocycles. The van der Waals surface area contributed by atoms with E-state index in [0.717, 1.165) is 15.8 Å². The molecule has 0 aromatic rings. The van der Waals surface area contributed by atoms with Gasteiger partial charge in [0.05, 0.1) is 25.8 Å². The summed E-state index contributed by atoms with van der Waals surface area (Å²) in [5, 5.41) is 0. The number of allylic oxidation sites excluding steroid dienone is 3. The summed E-state index contributed by atoms with van der Waals surface area (Å²) in [6, 6.07) is 0. The molecule has 0 heterocycles. The highest BCUT2D eigenvalue weighted by atomic mass is 79.9. The molecule has 0 saturated carbocycles. The molecule has 3 heteroatoms. The van der Waals surface area contributed by atoms with Crippen LogP contribution in [0.4, 0.5) is 0 Å². The fourth-order valence-corrected chi connectivity index (χ4v) is 1.23. The highest BCUT2D eigenvalue weighted by molar-refractivity contribution is 9.11. The number of nitrogens with two attached hydrogens (primary N) is 1. The van der Waals surface area contributed by atoms with Gasteiger partial charge in [-0.15, -0.1) is 0 Å². The Morgan fingerprint density at radius 2 is 2.45 bits per heavy atom. The van der Waals surface area contributed by atoms with Crippen molar-refractivity contribution in [2.24, 2.45) is 5.73 Å². The van der Waals surface area contributed by atoms with Crippen molar-refractivity contribution in [3.63, 3.8) is 0 Å². The number of halogens is 1. The summed E-state index contributed by atoms with van der Waals surface area (Å²) in [7, 11) is 1.61. The summed E-state index contributed by atoms with van der Waals surface area (Å²) >= 11 is 3.32. The van der Waals surface area contributed by atoms with Crippen LogP contribution in [0, 0.1) is 6.08 Å². The summed E-state index contributed by atoms with van der Waals surface area (Å²) in [5.74, 6) is 0.718. The van der Waals surface area contributed by atoms with Crippen molar-refractivity contribution in [1.82, 2.24) is 0 Å². The molecule has 0 aromatic carbocycles. The average Bonchev–Trinajstić information content (AvgIpc) is 2.04. The van der Waals surface area contributed by atoms with E-state index in [0.29, 0.717) is 6.54 Å². The molecule has 1 aliphatic carbocycles. The zero-order valence-corrected chi connectivity index (χ0v) is 7.81. The maximum absolute atomic E-state index is 5.47. The minimum atomic E-state index is 0.471. The molecule has 0 bridgehead atoms. The van der Waals surface area contributed by atoms with E-state index in [-0.39, 0.29) is 0 Å². The summed E-state index contributed by atoms with van der Waals surface area (Å²) in [4.78, 5) is 0. The van der Waals surface area contributed by atoms with Gasteiger partial charge >= 0.3 is 0 Å². The van der Waals surface area contributed by atoms with Gasteiger partial charge in [-0.25, -0.2) is 0 Å². The van der Waals surface area contributed by atoms with Crippen molar-refractivity contribution < 1.29 is 4.74 Å². The Morgan fingerprint density at radius 1 is 1.73 bits per heavy atom. The van der Waals surface area contributed by atoms with Crippen LogP contribution in [-0.4, -0.2) is 13.7 Å². The molecule has 1 rings (SSSR count). The molecule has 0 aliphatic heterocycles. The number of hydrogen-bond donors (Lipinski definition) is 1. The van der Waals surface area contributed by atoms with Crippen LogP contribution in [0.25, 0.3) is 0 Å². The fourth-order valence-electron chi connectivity index (χ4n) is 0.842. The van der Waals surface area contributed by atoms with Gasteiger partial charge in [0.15, 0.2) is 0 Å². The van der Waals surface area contributed by atoms with Crippen LogP contribution in [0.3, 0.4) is 0 Å². The maximum Gasteiger partial charge on any atom is 0.293 e. The van der Waals surface area contributed by atoms with Crippen LogP contribution in [-0.2, 0) is 4.74 Å². The lowest BCUT2D eigenvalue weighted by Crippen LogP contribution is -2.06. The molecule has 0 saturated heterocycles. The molecule has 0 atom stereocenters. The molecule has 1 aliphatic rings. The van der Waals surface area contributed by atoms with E-state index in [4.69, 9.17) is 10.5 Å². The third kappa shape index (κ3) is 1.90. The van der Waals surface area contributed by atoms with E-state index >= 15 is 0 Å². The zero-order valence-electron chi connectivity index (χ0n) is 6.23. The monoisotopic (exact) mass is 214 g/mol. The largest absolute Gasteiger partial charge is 0.468 e. The van der Waals surface area contributed by atoms with Gasteiger partial charge < -0.3 is 10.5 Å². The fraction of sp³-hybridized carbons (Fsp3) is 0.250. The second-order valence-electron chi connectivity index (χ2n) is 2.08. The normalized spacial score (nSPS) is 16.1. The SMILES string of the molecule is COC1=C(CN)C=C(Br)C=[C+]1. The number of ether oxygens (including phenoxy) is 1. The molecule has 11 heavy (non-hydrogen) atoms. The third-order valence-electron chi connectivity index (χ3n) is 1.37. The van der Waals surface area contributed by atoms with Crippen molar-refractivity contribution in [3.05, 3.63) is 34.0 Å². The number of rotatable bonds is 2. The Bertz CT molecular complexity index is 240. The Balaban J connectivity index is 2.95. The second kappa shape index (κ2) is 3.67. The lowest BCUT2D eigenvalue weighted by Gasteiger charge is -1.99. The molecular weight excluding hydrogens is 206 g/mol. The van der Waals surface area contributed by atoms with E-state index in [1.807, 2.05) is 6.08 Å². The molecule has 0 spiro atoms. The highest BCUT2D eigenvalue weighted by Crippen LogP contribution is 2.19. The molecule has 58 valence electrons. The summed E-state index contributed by atoms with van der Waals surface area (Å²) in [5.41, 5.74) is 6.43. The van der Waals surface area contributed by atoms with E-state index in [1.165, 1.54) is 0 Å². The van der Waals surface area contributed by atoms with Crippen LogP contribution in [0.5, 0.6) is 0 Å². The van der Waals surface area contributed by atoms with Gasteiger partial charge in [-0.2, -0.15) is 0 Å². The van der Waals surface area contributed by atoms with Crippen LogP contribution in [0.1, 0.15) is 0 Å². The Hall–Kier alpha value is -0.630. The maximum atomic E-state index is 5.47. The van der Waals surface area contributed by atoms with Crippen molar-refractivity contribution >= 4 is 15.9 Å². The Labute approximate surface area is 74.5 Å². The molecule has 0 unspecified atom stereocenters. The Kier molecular flexibility index (Phi) is 2.83. The minimum Gasteiger partial charge on any atom is -0.468 e. The van der Waals surface area contributed by atoms with Gasteiger partial charge in [0.25, 0.3) is 5.76 Å². The summed E-state index contributed by atoms with van der Waals surface area (Å²) < 4.78 is 6.01. The van der Waals surface area contributed by atoms with Gasteiger partial charge in [0.1, 0.15) is 16.1 Å². The molecule has 0 radical (unpaired) electrons. The van der Waals surface area contributed by atoms with E-state index in [2.05, 4.69) is 22.0 Å². The van der Waals surface area contributed by atoms with E-state index < -0.39 is 0 Å². The summed E-state index contributed by atoms with van der Waals surface area (Å²) in [6.07, 6.45) is 6.69. The molecule has 0 amide bonds. The predicted octanol–water partition coefficient (Wildman–Crippen LogP) is 1.50. The van der Waals surface area contributed by atoms with Gasteiger partial charge in [0.2, 0.25) is 0 Å². The van der Waals surface area contributed by atoms with E-state index in [9.17, 15) is 0 Å². The summed E-state index contributed by atoms with van der Waals surface area (Å²) in [6.45, 7) is 0.471. The Morgan fingerprint density at radius 3 is 3.00 bits per heavy atom. The van der Waals surface area contributed by atoms with Gasteiger partial charge in [-0.3, -0.25) is 0 Å². The molecule has 2 N–H and O–H groups in total.